The van der Waals surface area contributed by atoms with E-state index >= 15 is 0 Å². The van der Waals surface area contributed by atoms with Gasteiger partial charge in [-0.2, -0.15) is 4.72 Å². The summed E-state index contributed by atoms with van der Waals surface area (Å²) in [6, 6.07) is 8.33. The molecule has 1 unspecified atom stereocenters. The number of hydrogen-bond acceptors (Lipinski definition) is 6. The van der Waals surface area contributed by atoms with Crippen molar-refractivity contribution in [2.75, 3.05) is 18.9 Å². The van der Waals surface area contributed by atoms with Crippen molar-refractivity contribution in [3.63, 3.8) is 0 Å². The smallest absolute Gasteiger partial charge is 0.338 e. The zero-order valence-electron chi connectivity index (χ0n) is 15.0. The summed E-state index contributed by atoms with van der Waals surface area (Å²) in [5.41, 5.74) is 1.73. The third kappa shape index (κ3) is 4.64. The Morgan fingerprint density at radius 3 is 2.56 bits per heavy atom. The molecule has 2 rings (SSSR count). The van der Waals surface area contributed by atoms with Crippen LogP contribution in [-0.4, -0.2) is 29.7 Å². The van der Waals surface area contributed by atoms with Crippen LogP contribution in [0.25, 0.3) is 0 Å². The number of ether oxygens (including phenoxy) is 2. The Morgan fingerprint density at radius 2 is 1.96 bits per heavy atom. The predicted molar refractivity (Wildman–Crippen MR) is 97.3 cm³/mol. The fraction of sp³-hybridized carbons (Fsp3) is 0.333. The second-order valence-corrected chi connectivity index (χ2v) is 7.63. The summed E-state index contributed by atoms with van der Waals surface area (Å²) in [6.07, 6.45) is 1.74. The van der Waals surface area contributed by atoms with E-state index in [-0.39, 0.29) is 5.41 Å². The Morgan fingerprint density at radius 1 is 1.24 bits per heavy atom. The number of benzene rings is 1. The summed E-state index contributed by atoms with van der Waals surface area (Å²) in [5.74, 6) is -0.127. The van der Waals surface area contributed by atoms with Gasteiger partial charge in [0.25, 0.3) is 0 Å². The van der Waals surface area contributed by atoms with Gasteiger partial charge >= 0.3 is 5.97 Å². The Bertz CT molecular complexity index is 759. The molecule has 0 radical (unpaired) electrons. The van der Waals surface area contributed by atoms with Crippen LogP contribution in [0, 0.1) is 0 Å². The molecular weight excluding hydrogens is 340 g/mol. The number of aromatic nitrogens is 1. The number of carbonyl (C=O) groups excluding carboxylic acids is 1. The standard InChI is InChI=1S/C18H22N2O4S/c1-18(2,3)13-10-15(16(23-4)19-11-13)20-25(22)14-8-6-7-12(9-14)17(21)24-5/h6-11,20H,1-5H3. The molecule has 0 aliphatic carbocycles. The lowest BCUT2D eigenvalue weighted by Crippen LogP contribution is -2.17. The molecule has 6 nitrogen and oxygen atoms in total. The first-order valence-corrected chi connectivity index (χ1v) is 8.82. The van der Waals surface area contributed by atoms with E-state index in [1.165, 1.54) is 20.3 Å². The first kappa shape index (κ1) is 19.1. The van der Waals surface area contributed by atoms with Gasteiger partial charge in [0.05, 0.1) is 19.8 Å². The molecule has 134 valence electrons. The lowest BCUT2D eigenvalue weighted by atomic mass is 9.88. The molecule has 7 heteroatoms. The fourth-order valence-electron chi connectivity index (χ4n) is 2.11. The quantitative estimate of drug-likeness (QED) is 0.649. The van der Waals surface area contributed by atoms with Crippen molar-refractivity contribution < 1.29 is 18.8 Å². The average Bonchev–Trinajstić information content (AvgIpc) is 2.60. The lowest BCUT2D eigenvalue weighted by Gasteiger charge is -2.21. The molecule has 1 N–H and O–H groups in total. The van der Waals surface area contributed by atoms with Gasteiger partial charge in [-0.3, -0.25) is 0 Å². The summed E-state index contributed by atoms with van der Waals surface area (Å²) in [4.78, 5) is 16.4. The SMILES string of the molecule is COC(=O)c1cccc([S+]([O-])Nc2cc(C(C)(C)C)cnc2OC)c1. The van der Waals surface area contributed by atoms with E-state index < -0.39 is 17.3 Å². The zero-order valence-corrected chi connectivity index (χ0v) is 15.8. The third-order valence-corrected chi connectivity index (χ3v) is 4.67. The van der Waals surface area contributed by atoms with Gasteiger partial charge in [-0.15, -0.1) is 0 Å². The molecule has 0 amide bonds. The monoisotopic (exact) mass is 362 g/mol. The lowest BCUT2D eigenvalue weighted by molar-refractivity contribution is 0.0600. The fourth-order valence-corrected chi connectivity index (χ4v) is 3.01. The van der Waals surface area contributed by atoms with Crippen molar-refractivity contribution in [3.8, 4) is 5.88 Å². The van der Waals surface area contributed by atoms with Crippen LogP contribution in [0.15, 0.2) is 41.4 Å². The zero-order chi connectivity index (χ0) is 18.6. The maximum absolute atomic E-state index is 12.7. The van der Waals surface area contributed by atoms with Crippen LogP contribution in [-0.2, 0) is 21.5 Å². The summed E-state index contributed by atoms with van der Waals surface area (Å²) >= 11 is -1.59. The molecule has 1 atom stereocenters. The molecule has 0 fully saturated rings. The Labute approximate surface area is 150 Å². The Kier molecular flexibility index (Phi) is 5.92. The molecule has 0 saturated heterocycles. The number of nitrogens with zero attached hydrogens (tertiary/aromatic N) is 1. The van der Waals surface area contributed by atoms with Crippen LogP contribution < -0.4 is 9.46 Å². The van der Waals surface area contributed by atoms with Crippen molar-refractivity contribution in [1.82, 2.24) is 4.98 Å². The molecule has 1 heterocycles. The first-order valence-electron chi connectivity index (χ1n) is 7.67. The van der Waals surface area contributed by atoms with Crippen molar-refractivity contribution >= 4 is 23.0 Å². The molecule has 2 aromatic rings. The van der Waals surface area contributed by atoms with E-state index in [4.69, 9.17) is 9.47 Å². The number of pyridine rings is 1. The van der Waals surface area contributed by atoms with Gasteiger partial charge in [-0.25, -0.2) is 9.78 Å². The summed E-state index contributed by atoms with van der Waals surface area (Å²) in [6.45, 7) is 6.20. The highest BCUT2D eigenvalue weighted by molar-refractivity contribution is 7.92. The molecule has 1 aromatic heterocycles. The van der Waals surface area contributed by atoms with Gasteiger partial charge in [0, 0.05) is 12.3 Å². The van der Waals surface area contributed by atoms with E-state index in [0.717, 1.165) is 5.56 Å². The summed E-state index contributed by atoms with van der Waals surface area (Å²) < 4.78 is 25.5. The van der Waals surface area contributed by atoms with E-state index in [9.17, 15) is 9.35 Å². The van der Waals surface area contributed by atoms with Gasteiger partial charge < -0.3 is 14.0 Å². The number of nitrogens with one attached hydrogen (secondary N) is 1. The summed E-state index contributed by atoms with van der Waals surface area (Å²) in [7, 11) is 2.81. The van der Waals surface area contributed by atoms with Crippen LogP contribution in [0.1, 0.15) is 36.7 Å². The molecule has 0 bridgehead atoms. The second-order valence-electron chi connectivity index (χ2n) is 6.42. The molecule has 25 heavy (non-hydrogen) atoms. The Hall–Kier alpha value is -2.25. The number of anilines is 1. The minimum atomic E-state index is -1.59. The van der Waals surface area contributed by atoms with Crippen molar-refractivity contribution in [2.45, 2.75) is 31.1 Å². The van der Waals surface area contributed by atoms with Crippen LogP contribution in [0.2, 0.25) is 0 Å². The highest BCUT2D eigenvalue weighted by Gasteiger charge is 2.21. The Balaban J connectivity index is 2.31. The number of carbonyl (C=O) groups is 1. The third-order valence-electron chi connectivity index (χ3n) is 3.58. The van der Waals surface area contributed by atoms with Gasteiger partial charge in [0.1, 0.15) is 17.0 Å². The normalized spacial score (nSPS) is 12.4. The molecule has 0 saturated carbocycles. The number of methoxy groups -OCH3 is 2. The van der Waals surface area contributed by atoms with Crippen LogP contribution in [0.3, 0.4) is 0 Å². The highest BCUT2D eigenvalue weighted by Crippen LogP contribution is 2.30. The van der Waals surface area contributed by atoms with E-state index in [0.29, 0.717) is 22.0 Å². The van der Waals surface area contributed by atoms with Gasteiger partial charge in [0.2, 0.25) is 5.88 Å². The summed E-state index contributed by atoms with van der Waals surface area (Å²) in [5, 5.41) is 0. The number of rotatable bonds is 5. The molecule has 0 spiro atoms. The number of hydrogen-bond donors (Lipinski definition) is 1. The molecule has 0 aliphatic rings. The van der Waals surface area contributed by atoms with Crippen LogP contribution in [0.4, 0.5) is 5.69 Å². The average molecular weight is 362 g/mol. The van der Waals surface area contributed by atoms with E-state index in [2.05, 4.69) is 30.5 Å². The van der Waals surface area contributed by atoms with Crippen molar-refractivity contribution in [1.29, 1.82) is 0 Å². The molecular formula is C18H22N2O4S. The minimum absolute atomic E-state index is 0.109. The van der Waals surface area contributed by atoms with Crippen molar-refractivity contribution in [2.24, 2.45) is 0 Å². The second kappa shape index (κ2) is 7.76. The van der Waals surface area contributed by atoms with Crippen molar-refractivity contribution in [3.05, 3.63) is 47.7 Å². The van der Waals surface area contributed by atoms with Crippen LogP contribution in [0.5, 0.6) is 5.88 Å². The highest BCUT2D eigenvalue weighted by atomic mass is 32.2. The molecule has 1 aromatic carbocycles. The van der Waals surface area contributed by atoms with Gasteiger partial charge in [-0.05, 0) is 29.2 Å². The van der Waals surface area contributed by atoms with E-state index in [1.807, 2.05) is 6.07 Å². The molecule has 0 aliphatic heterocycles. The maximum atomic E-state index is 12.7. The van der Waals surface area contributed by atoms with E-state index in [1.54, 1.807) is 24.4 Å². The maximum Gasteiger partial charge on any atom is 0.338 e. The van der Waals surface area contributed by atoms with Crippen LogP contribution >= 0.6 is 0 Å². The minimum Gasteiger partial charge on any atom is -0.588 e. The number of esters is 1. The first-order chi connectivity index (χ1) is 11.8. The van der Waals surface area contributed by atoms with Gasteiger partial charge in [-0.1, -0.05) is 26.8 Å². The largest absolute Gasteiger partial charge is 0.588 e. The predicted octanol–water partition coefficient (Wildman–Crippen LogP) is 3.31. The van der Waals surface area contributed by atoms with Gasteiger partial charge in [0.15, 0.2) is 4.90 Å². The topological polar surface area (TPSA) is 83.5 Å².